The third kappa shape index (κ3) is 4.02. The highest BCUT2D eigenvalue weighted by Crippen LogP contribution is 2.21. The molecule has 0 aliphatic heterocycles. The van der Waals surface area contributed by atoms with Crippen LogP contribution in [-0.2, 0) is 0 Å². The van der Waals surface area contributed by atoms with Crippen molar-refractivity contribution >= 4 is 0 Å². The topological polar surface area (TPSA) is 32.3 Å². The van der Waals surface area contributed by atoms with Crippen molar-refractivity contribution in [3.05, 3.63) is 29.8 Å². The van der Waals surface area contributed by atoms with Gasteiger partial charge in [-0.1, -0.05) is 44.2 Å². The average molecular weight is 247 g/mol. The molecule has 2 nitrogen and oxygen atoms in total. The third-order valence-corrected chi connectivity index (χ3v) is 3.98. The van der Waals surface area contributed by atoms with E-state index < -0.39 is 0 Å². The Morgan fingerprint density at radius 2 is 1.56 bits per heavy atom. The van der Waals surface area contributed by atoms with Crippen molar-refractivity contribution in [2.45, 2.75) is 64.0 Å². The van der Waals surface area contributed by atoms with Crippen LogP contribution in [0.5, 0.6) is 5.75 Å². The van der Waals surface area contributed by atoms with Crippen LogP contribution in [0, 0.1) is 0 Å². The molecule has 1 aliphatic carbocycles. The van der Waals surface area contributed by atoms with Gasteiger partial charge >= 0.3 is 0 Å². The molecule has 1 atom stereocenters. The van der Waals surface area contributed by atoms with Gasteiger partial charge in [0.2, 0.25) is 0 Å². The number of rotatable bonds is 3. The third-order valence-electron chi connectivity index (χ3n) is 3.98. The van der Waals surface area contributed by atoms with E-state index in [-0.39, 0.29) is 0 Å². The molecular formula is C16H25NO. The monoisotopic (exact) mass is 247 g/mol. The summed E-state index contributed by atoms with van der Waals surface area (Å²) < 4.78 is 0. The highest BCUT2D eigenvalue weighted by atomic mass is 16.3. The lowest BCUT2D eigenvalue weighted by atomic mass is 9.95. The fraction of sp³-hybridized carbons (Fsp3) is 0.625. The van der Waals surface area contributed by atoms with Crippen LogP contribution < -0.4 is 5.32 Å². The molecular weight excluding hydrogens is 222 g/mol. The SMILES string of the molecule is CC(NC1CCCCCCC1)c1ccc(O)cc1. The molecule has 0 amide bonds. The van der Waals surface area contributed by atoms with Crippen molar-refractivity contribution < 1.29 is 5.11 Å². The van der Waals surface area contributed by atoms with Crippen LogP contribution in [0.25, 0.3) is 0 Å². The fourth-order valence-corrected chi connectivity index (χ4v) is 2.84. The Hall–Kier alpha value is -1.02. The molecule has 0 radical (unpaired) electrons. The van der Waals surface area contributed by atoms with Crippen LogP contribution in [0.15, 0.2) is 24.3 Å². The van der Waals surface area contributed by atoms with E-state index in [9.17, 15) is 5.11 Å². The Morgan fingerprint density at radius 1 is 1.00 bits per heavy atom. The maximum atomic E-state index is 9.31. The molecule has 0 heterocycles. The normalized spacial score (nSPS) is 20.1. The van der Waals surface area contributed by atoms with Crippen molar-refractivity contribution in [1.29, 1.82) is 0 Å². The molecule has 1 fully saturated rings. The van der Waals surface area contributed by atoms with Crippen molar-refractivity contribution in [2.24, 2.45) is 0 Å². The lowest BCUT2D eigenvalue weighted by molar-refractivity contribution is 0.362. The van der Waals surface area contributed by atoms with Gasteiger partial charge in [-0.25, -0.2) is 0 Å². The molecule has 1 aromatic carbocycles. The van der Waals surface area contributed by atoms with E-state index in [1.165, 1.54) is 50.5 Å². The summed E-state index contributed by atoms with van der Waals surface area (Å²) in [5.74, 6) is 0.344. The maximum Gasteiger partial charge on any atom is 0.115 e. The summed E-state index contributed by atoms with van der Waals surface area (Å²) in [4.78, 5) is 0. The zero-order chi connectivity index (χ0) is 12.8. The van der Waals surface area contributed by atoms with E-state index in [2.05, 4.69) is 12.2 Å². The van der Waals surface area contributed by atoms with Crippen LogP contribution in [-0.4, -0.2) is 11.1 Å². The molecule has 2 rings (SSSR count). The largest absolute Gasteiger partial charge is 0.508 e. The van der Waals surface area contributed by atoms with E-state index in [1.54, 1.807) is 12.1 Å². The van der Waals surface area contributed by atoms with Crippen molar-refractivity contribution in [3.8, 4) is 5.75 Å². The molecule has 2 N–H and O–H groups in total. The first-order valence-corrected chi connectivity index (χ1v) is 7.30. The zero-order valence-electron chi connectivity index (χ0n) is 11.4. The standard InChI is InChI=1S/C16H25NO/c1-13(14-9-11-16(18)12-10-14)17-15-7-5-3-2-4-6-8-15/h9-13,15,17-18H,2-8H2,1H3. The van der Waals surface area contributed by atoms with Crippen LogP contribution in [0.4, 0.5) is 0 Å². The predicted molar refractivity (Wildman–Crippen MR) is 75.8 cm³/mol. The number of hydrogen-bond acceptors (Lipinski definition) is 2. The molecule has 0 bridgehead atoms. The summed E-state index contributed by atoms with van der Waals surface area (Å²) in [6.07, 6.45) is 9.54. The number of benzene rings is 1. The average Bonchev–Trinajstić information content (AvgIpc) is 2.33. The van der Waals surface area contributed by atoms with Crippen molar-refractivity contribution in [2.75, 3.05) is 0 Å². The van der Waals surface area contributed by atoms with Gasteiger partial charge in [0.1, 0.15) is 5.75 Å². The van der Waals surface area contributed by atoms with Gasteiger partial charge in [0, 0.05) is 12.1 Å². The smallest absolute Gasteiger partial charge is 0.115 e. The zero-order valence-corrected chi connectivity index (χ0v) is 11.4. The summed E-state index contributed by atoms with van der Waals surface area (Å²) in [6.45, 7) is 2.21. The second-order valence-electron chi connectivity index (χ2n) is 5.52. The first-order chi connectivity index (χ1) is 8.75. The molecule has 18 heavy (non-hydrogen) atoms. The van der Waals surface area contributed by atoms with Gasteiger partial charge in [-0.2, -0.15) is 0 Å². The lowest BCUT2D eigenvalue weighted by Crippen LogP contribution is -2.32. The van der Waals surface area contributed by atoms with Crippen LogP contribution >= 0.6 is 0 Å². The first-order valence-electron chi connectivity index (χ1n) is 7.30. The summed E-state index contributed by atoms with van der Waals surface area (Å²) in [6, 6.07) is 8.59. The highest BCUT2D eigenvalue weighted by Gasteiger charge is 2.14. The molecule has 0 aromatic heterocycles. The number of nitrogens with one attached hydrogen (secondary N) is 1. The Labute approximate surface area is 110 Å². The highest BCUT2D eigenvalue weighted by molar-refractivity contribution is 5.27. The van der Waals surface area contributed by atoms with E-state index >= 15 is 0 Å². The summed E-state index contributed by atoms with van der Waals surface area (Å²) in [5.41, 5.74) is 1.26. The second kappa shape index (κ2) is 6.79. The van der Waals surface area contributed by atoms with E-state index in [0.717, 1.165) is 0 Å². The Kier molecular flexibility index (Phi) is 5.06. The van der Waals surface area contributed by atoms with Crippen LogP contribution in [0.1, 0.15) is 63.5 Å². The van der Waals surface area contributed by atoms with Crippen molar-refractivity contribution in [1.82, 2.24) is 5.32 Å². The van der Waals surface area contributed by atoms with Gasteiger partial charge in [0.05, 0.1) is 0 Å². The maximum absolute atomic E-state index is 9.31. The summed E-state index contributed by atoms with van der Waals surface area (Å²) in [7, 11) is 0. The minimum absolute atomic E-state index is 0.344. The minimum atomic E-state index is 0.344. The fourth-order valence-electron chi connectivity index (χ4n) is 2.84. The lowest BCUT2D eigenvalue weighted by Gasteiger charge is -2.25. The quantitative estimate of drug-likeness (QED) is 0.840. The summed E-state index contributed by atoms with van der Waals surface area (Å²) >= 11 is 0. The number of hydrogen-bond donors (Lipinski definition) is 2. The van der Waals surface area contributed by atoms with Crippen molar-refractivity contribution in [3.63, 3.8) is 0 Å². The molecule has 1 aromatic rings. The van der Waals surface area contributed by atoms with Gasteiger partial charge in [0.15, 0.2) is 0 Å². The molecule has 0 spiro atoms. The molecule has 100 valence electrons. The van der Waals surface area contributed by atoms with Gasteiger partial charge in [-0.15, -0.1) is 0 Å². The van der Waals surface area contributed by atoms with Crippen LogP contribution in [0.2, 0.25) is 0 Å². The van der Waals surface area contributed by atoms with Crippen LogP contribution in [0.3, 0.4) is 0 Å². The van der Waals surface area contributed by atoms with Gasteiger partial charge in [-0.05, 0) is 37.5 Å². The van der Waals surface area contributed by atoms with Gasteiger partial charge in [-0.3, -0.25) is 0 Å². The molecule has 1 unspecified atom stereocenters. The first kappa shape index (κ1) is 13.4. The minimum Gasteiger partial charge on any atom is -0.508 e. The molecule has 2 heteroatoms. The number of aromatic hydroxyl groups is 1. The number of phenols is 1. The Morgan fingerprint density at radius 3 is 2.17 bits per heavy atom. The van der Waals surface area contributed by atoms with E-state index in [4.69, 9.17) is 0 Å². The van der Waals surface area contributed by atoms with Gasteiger partial charge in [0.25, 0.3) is 0 Å². The molecule has 0 saturated heterocycles. The van der Waals surface area contributed by atoms with Gasteiger partial charge < -0.3 is 10.4 Å². The number of phenolic OH excluding ortho intramolecular Hbond substituents is 1. The Balaban J connectivity index is 1.88. The molecule has 1 aliphatic rings. The molecule has 1 saturated carbocycles. The second-order valence-corrected chi connectivity index (χ2v) is 5.52. The van der Waals surface area contributed by atoms with E-state index in [1.807, 2.05) is 12.1 Å². The summed E-state index contributed by atoms with van der Waals surface area (Å²) in [5, 5.41) is 13.0. The predicted octanol–water partition coefficient (Wildman–Crippen LogP) is 4.16. The Bertz CT molecular complexity index is 339. The van der Waals surface area contributed by atoms with E-state index in [0.29, 0.717) is 17.8 Å².